The van der Waals surface area contributed by atoms with Crippen LogP contribution in [0.3, 0.4) is 0 Å². The summed E-state index contributed by atoms with van der Waals surface area (Å²) in [5.41, 5.74) is 6.45. The summed E-state index contributed by atoms with van der Waals surface area (Å²) in [7, 11) is 0. The van der Waals surface area contributed by atoms with Crippen LogP contribution in [0.1, 0.15) is 109 Å². The van der Waals surface area contributed by atoms with Crippen LogP contribution in [0.15, 0.2) is 35.4 Å². The summed E-state index contributed by atoms with van der Waals surface area (Å²) in [4.78, 5) is 0. The fourth-order valence-corrected chi connectivity index (χ4v) is 9.57. The van der Waals surface area contributed by atoms with E-state index in [2.05, 4.69) is 64.8 Å². The molecule has 1 spiro atoms. The summed E-state index contributed by atoms with van der Waals surface area (Å²) in [6, 6.07) is 9.23. The van der Waals surface area contributed by atoms with Gasteiger partial charge in [0.25, 0.3) is 0 Å². The van der Waals surface area contributed by atoms with Crippen molar-refractivity contribution < 1.29 is 18.9 Å². The highest BCUT2D eigenvalue weighted by atomic mass is 16.7. The first-order chi connectivity index (χ1) is 19.5. The van der Waals surface area contributed by atoms with Crippen LogP contribution < -0.4 is 0 Å². The van der Waals surface area contributed by atoms with E-state index >= 15 is 0 Å². The van der Waals surface area contributed by atoms with Gasteiger partial charge in [-0.15, -0.1) is 12.3 Å². The average Bonchev–Trinajstić information content (AvgIpc) is 3.30. The summed E-state index contributed by atoms with van der Waals surface area (Å²) in [5, 5.41) is 0. The monoisotopic (exact) mass is 558 g/mol. The maximum atomic E-state index is 6.53. The van der Waals surface area contributed by atoms with Crippen molar-refractivity contribution in [1.82, 2.24) is 0 Å². The molecular weight excluding hydrogens is 508 g/mol. The molecule has 6 aliphatic rings. The fourth-order valence-electron chi connectivity index (χ4n) is 9.57. The van der Waals surface area contributed by atoms with E-state index in [9.17, 15) is 0 Å². The van der Waals surface area contributed by atoms with E-state index in [0.29, 0.717) is 29.6 Å². The molecule has 7 rings (SSSR count). The second kappa shape index (κ2) is 9.95. The number of benzene rings is 1. The van der Waals surface area contributed by atoms with Gasteiger partial charge in [0.05, 0.1) is 26.4 Å². The molecule has 3 saturated carbocycles. The molecule has 4 nitrogen and oxygen atoms in total. The first-order valence-electron chi connectivity index (χ1n) is 16.3. The molecule has 4 aliphatic carbocycles. The van der Waals surface area contributed by atoms with Gasteiger partial charge in [-0.1, -0.05) is 70.0 Å². The molecule has 2 saturated heterocycles. The summed E-state index contributed by atoms with van der Waals surface area (Å²) in [6.07, 6.45) is 15.2. The van der Waals surface area contributed by atoms with Gasteiger partial charge >= 0.3 is 0 Å². The zero-order valence-electron chi connectivity index (χ0n) is 26.0. The largest absolute Gasteiger partial charge is 0.349 e. The van der Waals surface area contributed by atoms with Crippen molar-refractivity contribution in [2.45, 2.75) is 104 Å². The lowest BCUT2D eigenvalue weighted by molar-refractivity contribution is -0.312. The lowest BCUT2D eigenvalue weighted by Crippen LogP contribution is -2.51. The smallest absolute Gasteiger partial charge is 0.183 e. The molecule has 0 radical (unpaired) electrons. The van der Waals surface area contributed by atoms with Crippen LogP contribution >= 0.6 is 0 Å². The molecule has 4 heteroatoms. The van der Waals surface area contributed by atoms with Crippen LogP contribution in [0.2, 0.25) is 0 Å². The van der Waals surface area contributed by atoms with Crippen molar-refractivity contribution in [2.75, 3.05) is 26.4 Å². The maximum Gasteiger partial charge on any atom is 0.183 e. The molecule has 2 heterocycles. The first-order valence-corrected chi connectivity index (χ1v) is 16.3. The number of terminal acetylenes is 1. The Balaban J connectivity index is 1.21. The molecule has 5 fully saturated rings. The molecule has 0 aromatic heterocycles. The van der Waals surface area contributed by atoms with Gasteiger partial charge in [0.2, 0.25) is 0 Å². The van der Waals surface area contributed by atoms with Gasteiger partial charge in [-0.05, 0) is 67.3 Å². The van der Waals surface area contributed by atoms with Crippen LogP contribution in [0.25, 0.3) is 0 Å². The Hall–Kier alpha value is -1.64. The van der Waals surface area contributed by atoms with E-state index in [1.165, 1.54) is 31.2 Å². The molecule has 0 bridgehead atoms. The molecule has 0 amide bonds. The number of fused-ring (bicyclic) bond motifs is 4. The molecule has 1 aromatic rings. The van der Waals surface area contributed by atoms with E-state index < -0.39 is 0 Å². The van der Waals surface area contributed by atoms with Crippen molar-refractivity contribution in [3.8, 4) is 12.3 Å². The average molecular weight is 559 g/mol. The van der Waals surface area contributed by atoms with Crippen molar-refractivity contribution in [3.63, 3.8) is 0 Å². The number of allylic oxidation sites excluding steroid dienone is 2. The Morgan fingerprint density at radius 1 is 0.780 bits per heavy atom. The Morgan fingerprint density at radius 2 is 1.44 bits per heavy atom. The maximum absolute atomic E-state index is 6.53. The first kappa shape index (κ1) is 28.1. The third kappa shape index (κ3) is 4.84. The van der Waals surface area contributed by atoms with Gasteiger partial charge in [-0.25, -0.2) is 0 Å². The number of hydrogen-bond donors (Lipinski definition) is 0. The van der Waals surface area contributed by atoms with Crippen LogP contribution in [-0.2, 0) is 18.9 Å². The van der Waals surface area contributed by atoms with Crippen molar-refractivity contribution in [2.24, 2.45) is 39.9 Å². The summed E-state index contributed by atoms with van der Waals surface area (Å²) < 4.78 is 25.3. The Bertz CT molecular complexity index is 1210. The predicted octanol–water partition coefficient (Wildman–Crippen LogP) is 8.19. The second-order valence-corrected chi connectivity index (χ2v) is 16.2. The minimum absolute atomic E-state index is 0.0717. The summed E-state index contributed by atoms with van der Waals surface area (Å²) in [5.74, 6) is 5.60. The zero-order valence-corrected chi connectivity index (χ0v) is 26.0. The highest BCUT2D eigenvalue weighted by Crippen LogP contribution is 2.66. The SMILES string of the molecule is C#C[C@@H]1CC[C@H]2[C@@H]3CC[C@H]4CC5(CCC4=C3[C@@H](c3ccc(C4OCC(C)(C)CO4)cc3)C[C@]12C)OCC(C)(C)CO5. The van der Waals surface area contributed by atoms with Gasteiger partial charge in [-0.3, -0.25) is 0 Å². The second-order valence-electron chi connectivity index (χ2n) is 16.2. The lowest BCUT2D eigenvalue weighted by Gasteiger charge is -2.55. The van der Waals surface area contributed by atoms with Crippen LogP contribution in [0, 0.1) is 52.3 Å². The Kier molecular flexibility index (Phi) is 6.83. The van der Waals surface area contributed by atoms with Crippen LogP contribution in [-0.4, -0.2) is 32.2 Å². The third-order valence-electron chi connectivity index (χ3n) is 11.9. The Labute approximate surface area is 247 Å². The van der Waals surface area contributed by atoms with E-state index in [1.54, 1.807) is 11.1 Å². The summed E-state index contributed by atoms with van der Waals surface area (Å²) >= 11 is 0. The number of ether oxygens (including phenoxy) is 4. The van der Waals surface area contributed by atoms with E-state index in [-0.39, 0.29) is 28.3 Å². The highest BCUT2D eigenvalue weighted by Gasteiger charge is 2.57. The topological polar surface area (TPSA) is 36.9 Å². The molecule has 41 heavy (non-hydrogen) atoms. The van der Waals surface area contributed by atoms with Crippen LogP contribution in [0.4, 0.5) is 0 Å². The Morgan fingerprint density at radius 3 is 2.12 bits per heavy atom. The molecule has 222 valence electrons. The molecule has 1 aromatic carbocycles. The van der Waals surface area contributed by atoms with Crippen molar-refractivity contribution in [1.29, 1.82) is 0 Å². The van der Waals surface area contributed by atoms with Gasteiger partial charge in [-0.2, -0.15) is 0 Å². The molecule has 2 aliphatic heterocycles. The normalized spacial score (nSPS) is 39.5. The van der Waals surface area contributed by atoms with E-state index in [1.807, 2.05) is 0 Å². The predicted molar refractivity (Wildman–Crippen MR) is 161 cm³/mol. The lowest BCUT2D eigenvalue weighted by atomic mass is 9.51. The van der Waals surface area contributed by atoms with E-state index in [4.69, 9.17) is 25.4 Å². The van der Waals surface area contributed by atoms with Gasteiger partial charge in [0.15, 0.2) is 12.1 Å². The highest BCUT2D eigenvalue weighted by molar-refractivity contribution is 5.42. The quantitative estimate of drug-likeness (QED) is 0.271. The van der Waals surface area contributed by atoms with Gasteiger partial charge < -0.3 is 18.9 Å². The van der Waals surface area contributed by atoms with Crippen LogP contribution in [0.5, 0.6) is 0 Å². The minimum Gasteiger partial charge on any atom is -0.349 e. The fraction of sp³-hybridized carbons (Fsp3) is 0.730. The molecule has 0 unspecified atom stereocenters. The van der Waals surface area contributed by atoms with Gasteiger partial charge in [0.1, 0.15) is 0 Å². The zero-order chi connectivity index (χ0) is 28.6. The standard InChI is InChI=1S/C37H50O4/c1-7-27-13-15-31-29-14-12-26-18-37(40-22-35(4,5)23-41-37)17-16-28(26)32(29)30(19-36(27,31)6)24-8-10-25(11-9-24)33-38-20-34(2,3)21-39-33/h1,8-11,26-27,29-31,33H,12-23H2,2-6H3/t26-,27+,29-,30+,31-,36+/m0/s1. The molecular formula is C37H50O4. The minimum atomic E-state index is -0.381. The van der Waals surface area contributed by atoms with Gasteiger partial charge in [0, 0.05) is 41.1 Å². The summed E-state index contributed by atoms with van der Waals surface area (Å²) in [6.45, 7) is 14.4. The number of hydrogen-bond acceptors (Lipinski definition) is 4. The molecule has 6 atom stereocenters. The number of rotatable bonds is 2. The van der Waals surface area contributed by atoms with Crippen molar-refractivity contribution in [3.05, 3.63) is 46.5 Å². The van der Waals surface area contributed by atoms with Crippen molar-refractivity contribution >= 4 is 0 Å². The molecule has 0 N–H and O–H groups in total. The van der Waals surface area contributed by atoms with E-state index in [0.717, 1.165) is 57.7 Å². The third-order valence-corrected chi connectivity index (χ3v) is 11.9.